The molecular formula is C22H14Cl2N4S2. The van der Waals surface area contributed by atoms with E-state index in [4.69, 9.17) is 45.5 Å². The molecule has 30 heavy (non-hydrogen) atoms. The van der Waals surface area contributed by atoms with Crippen LogP contribution in [0, 0.1) is 0 Å². The molecule has 8 heteroatoms. The Bertz CT molecular complexity index is 1180. The van der Waals surface area contributed by atoms with Gasteiger partial charge in [0.15, 0.2) is 11.3 Å². The van der Waals surface area contributed by atoms with Crippen LogP contribution in [0.4, 0.5) is 5.69 Å². The first-order chi connectivity index (χ1) is 14.6. The van der Waals surface area contributed by atoms with E-state index < -0.39 is 6.17 Å². The maximum absolute atomic E-state index is 6.56. The van der Waals surface area contributed by atoms with Crippen LogP contribution in [-0.4, -0.2) is 20.3 Å². The van der Waals surface area contributed by atoms with Crippen molar-refractivity contribution in [2.45, 2.75) is 6.17 Å². The maximum atomic E-state index is 6.56. The summed E-state index contributed by atoms with van der Waals surface area (Å²) >= 11 is 20.1. The second kappa shape index (κ2) is 8.04. The number of benzene rings is 3. The van der Waals surface area contributed by atoms with Gasteiger partial charge in [-0.3, -0.25) is 4.90 Å². The molecule has 0 radical (unpaired) electrons. The predicted octanol–water partition coefficient (Wildman–Crippen LogP) is 6.56. The van der Waals surface area contributed by atoms with Crippen LogP contribution in [0.2, 0.25) is 10.0 Å². The quantitative estimate of drug-likeness (QED) is 0.407. The summed E-state index contributed by atoms with van der Waals surface area (Å²) in [4.78, 5) is 6.95. The monoisotopic (exact) mass is 468 g/mol. The van der Waals surface area contributed by atoms with Gasteiger partial charge in [0.05, 0.1) is 0 Å². The summed E-state index contributed by atoms with van der Waals surface area (Å²) in [5.74, 6) is 0. The number of halogens is 2. The third-order valence-electron chi connectivity index (χ3n) is 4.72. The molecule has 0 aliphatic carbocycles. The molecule has 2 aliphatic heterocycles. The van der Waals surface area contributed by atoms with Crippen LogP contribution in [0.3, 0.4) is 0 Å². The number of nitrogens with zero attached hydrogens (tertiary/aromatic N) is 4. The van der Waals surface area contributed by atoms with Crippen LogP contribution in [0.25, 0.3) is 0 Å². The molecule has 5 rings (SSSR count). The van der Waals surface area contributed by atoms with E-state index in [1.54, 1.807) is 11.1 Å². The Morgan fingerprint density at radius 3 is 2.30 bits per heavy atom. The summed E-state index contributed by atoms with van der Waals surface area (Å²) in [7, 11) is 0. The minimum atomic E-state index is -0.422. The lowest BCUT2D eigenvalue weighted by Gasteiger charge is -2.38. The minimum Gasteiger partial charge on any atom is -0.290 e. The number of aliphatic imine (C=N–C) groups is 1. The van der Waals surface area contributed by atoms with Gasteiger partial charge in [-0.05, 0) is 48.2 Å². The first kappa shape index (κ1) is 19.6. The van der Waals surface area contributed by atoms with Crippen molar-refractivity contribution >= 4 is 68.2 Å². The molecule has 2 aliphatic rings. The molecule has 0 spiro atoms. The summed E-state index contributed by atoms with van der Waals surface area (Å²) in [5.41, 5.74) is 2.76. The fourth-order valence-corrected chi connectivity index (χ4v) is 5.13. The Kier molecular flexibility index (Phi) is 5.25. The molecule has 0 aromatic heterocycles. The van der Waals surface area contributed by atoms with Crippen molar-refractivity contribution in [3.63, 3.8) is 0 Å². The average Bonchev–Trinajstić information content (AvgIpc) is 3.20. The van der Waals surface area contributed by atoms with Gasteiger partial charge in [-0.25, -0.2) is 4.99 Å². The highest BCUT2D eigenvalue weighted by atomic mass is 35.5. The Morgan fingerprint density at radius 1 is 0.900 bits per heavy atom. The van der Waals surface area contributed by atoms with Gasteiger partial charge in [0.2, 0.25) is 5.11 Å². The van der Waals surface area contributed by atoms with Gasteiger partial charge < -0.3 is 0 Å². The van der Waals surface area contributed by atoms with Crippen LogP contribution < -0.4 is 4.90 Å². The van der Waals surface area contributed by atoms with Crippen LogP contribution in [0.15, 0.2) is 89.0 Å². The third-order valence-corrected chi connectivity index (χ3v) is 6.62. The van der Waals surface area contributed by atoms with Gasteiger partial charge in [-0.2, -0.15) is 10.1 Å². The second-order valence-corrected chi connectivity index (χ2v) is 8.79. The molecular weight excluding hydrogens is 455 g/mol. The van der Waals surface area contributed by atoms with Crippen molar-refractivity contribution in [1.82, 2.24) is 5.01 Å². The number of rotatable bonds is 3. The number of para-hydroxylation sites is 1. The van der Waals surface area contributed by atoms with Crippen molar-refractivity contribution in [2.75, 3.05) is 4.90 Å². The summed E-state index contributed by atoms with van der Waals surface area (Å²) in [6.07, 6.45) is -0.422. The van der Waals surface area contributed by atoms with Gasteiger partial charge in [-0.15, -0.1) is 0 Å². The number of thiocarbonyl (C=S) groups is 1. The highest BCUT2D eigenvalue weighted by Crippen LogP contribution is 2.41. The topological polar surface area (TPSA) is 31.2 Å². The molecule has 0 saturated heterocycles. The number of thioether (sulfide) groups is 1. The Hall–Kier alpha value is -2.38. The molecule has 0 bridgehead atoms. The van der Waals surface area contributed by atoms with E-state index in [0.717, 1.165) is 27.0 Å². The molecule has 3 aromatic carbocycles. The second-order valence-electron chi connectivity index (χ2n) is 6.62. The largest absolute Gasteiger partial charge is 0.290 e. The van der Waals surface area contributed by atoms with Gasteiger partial charge in [0.1, 0.15) is 5.04 Å². The van der Waals surface area contributed by atoms with E-state index in [1.807, 2.05) is 77.7 Å². The smallest absolute Gasteiger partial charge is 0.205 e. The van der Waals surface area contributed by atoms with Crippen molar-refractivity contribution in [3.05, 3.63) is 100 Å². The van der Waals surface area contributed by atoms with Crippen molar-refractivity contribution in [2.24, 2.45) is 10.1 Å². The number of fused-ring (bicyclic) bond motifs is 1. The molecule has 3 aromatic rings. The van der Waals surface area contributed by atoms with Crippen LogP contribution >= 0.6 is 47.2 Å². The summed E-state index contributed by atoms with van der Waals surface area (Å²) in [5, 5.41) is 9.70. The molecule has 148 valence electrons. The van der Waals surface area contributed by atoms with E-state index in [-0.39, 0.29) is 0 Å². The highest BCUT2D eigenvalue weighted by Gasteiger charge is 2.39. The van der Waals surface area contributed by atoms with E-state index >= 15 is 0 Å². The van der Waals surface area contributed by atoms with Crippen molar-refractivity contribution in [3.8, 4) is 0 Å². The average molecular weight is 469 g/mol. The van der Waals surface area contributed by atoms with E-state index in [9.17, 15) is 0 Å². The zero-order valence-corrected chi connectivity index (χ0v) is 18.6. The fourth-order valence-electron chi connectivity index (χ4n) is 3.32. The first-order valence-corrected chi connectivity index (χ1v) is 11.1. The molecule has 0 saturated carbocycles. The molecule has 0 unspecified atom stereocenters. The van der Waals surface area contributed by atoms with Gasteiger partial charge in [-0.1, -0.05) is 77.8 Å². The molecule has 1 atom stereocenters. The lowest BCUT2D eigenvalue weighted by Crippen LogP contribution is -2.47. The molecule has 2 heterocycles. The van der Waals surface area contributed by atoms with Crippen molar-refractivity contribution < 1.29 is 0 Å². The Balaban J connectivity index is 1.62. The van der Waals surface area contributed by atoms with E-state index in [2.05, 4.69) is 0 Å². The Labute approximate surface area is 193 Å². The lowest BCUT2D eigenvalue weighted by atomic mass is 10.1. The van der Waals surface area contributed by atoms with Crippen LogP contribution in [-0.2, 0) is 0 Å². The fraction of sp³-hybridized carbons (Fsp3) is 0.0455. The number of hydrazone groups is 1. The minimum absolute atomic E-state index is 0.422. The summed E-state index contributed by atoms with van der Waals surface area (Å²) in [6, 6.07) is 25.3. The molecule has 0 N–H and O–H groups in total. The summed E-state index contributed by atoms with van der Waals surface area (Å²) in [6.45, 7) is 0. The van der Waals surface area contributed by atoms with Crippen LogP contribution in [0.5, 0.6) is 0 Å². The van der Waals surface area contributed by atoms with E-state index in [1.165, 1.54) is 11.8 Å². The zero-order valence-electron chi connectivity index (χ0n) is 15.4. The zero-order chi connectivity index (χ0) is 20.7. The van der Waals surface area contributed by atoms with Crippen molar-refractivity contribution in [1.29, 1.82) is 0 Å². The number of amidine groups is 1. The normalized spacial score (nSPS) is 18.2. The van der Waals surface area contributed by atoms with Gasteiger partial charge in [0.25, 0.3) is 0 Å². The van der Waals surface area contributed by atoms with Gasteiger partial charge in [0, 0.05) is 26.9 Å². The molecule has 4 nitrogen and oxygen atoms in total. The third kappa shape index (κ3) is 3.50. The standard InChI is InChI=1S/C22H14Cl2N4S2/c23-15-11-12-17(18(24)13-15)19-25-21-28(22(29)27(19)16-9-5-2-6-10-16)26-20(30-21)14-7-3-1-4-8-14/h1-13,19H/t19-/m0/s1. The number of anilines is 1. The summed E-state index contributed by atoms with van der Waals surface area (Å²) < 4.78 is 0. The van der Waals surface area contributed by atoms with Crippen LogP contribution in [0.1, 0.15) is 17.3 Å². The lowest BCUT2D eigenvalue weighted by molar-refractivity contribution is 0.598. The van der Waals surface area contributed by atoms with Gasteiger partial charge >= 0.3 is 0 Å². The maximum Gasteiger partial charge on any atom is 0.205 e. The molecule has 0 fully saturated rings. The number of hydrogen-bond donors (Lipinski definition) is 0. The van der Waals surface area contributed by atoms with E-state index in [0.29, 0.717) is 15.2 Å². The highest BCUT2D eigenvalue weighted by molar-refractivity contribution is 8.27. The predicted molar refractivity (Wildman–Crippen MR) is 131 cm³/mol. The first-order valence-electron chi connectivity index (χ1n) is 9.15. The molecule has 0 amide bonds. The SMILES string of the molecule is S=C1N2N=C(c3ccccc3)SC2=N[C@H](c2ccc(Cl)cc2Cl)N1c1ccccc1. The number of hydrogen-bond acceptors (Lipinski definition) is 4. The Morgan fingerprint density at radius 2 is 1.60 bits per heavy atom.